The fourth-order valence-electron chi connectivity index (χ4n) is 5.51. The minimum atomic E-state index is -4.77. The van der Waals surface area contributed by atoms with Gasteiger partial charge in [-0.25, -0.2) is 0 Å². The van der Waals surface area contributed by atoms with E-state index in [1.807, 2.05) is 24.3 Å². The maximum atomic E-state index is 12.7. The second-order valence-corrected chi connectivity index (χ2v) is 9.99. The molecule has 2 N–H and O–H groups in total. The Bertz CT molecular complexity index is 1280. The predicted octanol–water partition coefficient (Wildman–Crippen LogP) is 5.44. The van der Waals surface area contributed by atoms with Crippen molar-refractivity contribution in [3.05, 3.63) is 83.7 Å². The van der Waals surface area contributed by atoms with Gasteiger partial charge in [0, 0.05) is 35.5 Å². The van der Waals surface area contributed by atoms with Crippen LogP contribution in [0.15, 0.2) is 67.0 Å². The van der Waals surface area contributed by atoms with Crippen LogP contribution in [0.3, 0.4) is 0 Å². The molecule has 2 aliphatic heterocycles. The first-order valence-corrected chi connectivity index (χ1v) is 12.9. The number of alkyl halides is 3. The molecule has 1 unspecified atom stereocenters. The number of nitrogens with zero attached hydrogens (tertiary/aromatic N) is 2. The number of halogens is 3. The lowest BCUT2D eigenvalue weighted by atomic mass is 9.83. The lowest BCUT2D eigenvalue weighted by Crippen LogP contribution is -2.50. The summed E-state index contributed by atoms with van der Waals surface area (Å²) in [6.45, 7) is 3.75. The molecular formula is C29H30F3N3O4. The number of rotatable bonds is 8. The number of amides is 1. The van der Waals surface area contributed by atoms with Crippen LogP contribution in [0.1, 0.15) is 47.7 Å². The van der Waals surface area contributed by atoms with Crippen LogP contribution in [0.4, 0.5) is 13.2 Å². The average Bonchev–Trinajstić information content (AvgIpc) is 3.32. The summed E-state index contributed by atoms with van der Waals surface area (Å²) >= 11 is 0. The molecule has 10 heteroatoms. The first-order chi connectivity index (χ1) is 18.6. The van der Waals surface area contributed by atoms with E-state index >= 15 is 0 Å². The maximum absolute atomic E-state index is 12.7. The number of piperidine rings is 1. The molecule has 1 amide bonds. The zero-order chi connectivity index (χ0) is 27.6. The van der Waals surface area contributed by atoms with Crippen LogP contribution in [0, 0.1) is 5.92 Å². The molecule has 0 radical (unpaired) electrons. The lowest BCUT2D eigenvalue weighted by Gasteiger charge is -2.42. The van der Waals surface area contributed by atoms with Crippen molar-refractivity contribution < 1.29 is 32.2 Å². The summed E-state index contributed by atoms with van der Waals surface area (Å²) in [4.78, 5) is 18.3. The number of benzene rings is 2. The number of carbonyl (C=O) groups excluding carboxylic acids is 1. The smallest absolute Gasteiger partial charge is 0.444 e. The second-order valence-electron chi connectivity index (χ2n) is 9.99. The molecule has 3 aromatic rings. The molecule has 3 heterocycles. The van der Waals surface area contributed by atoms with E-state index in [2.05, 4.69) is 21.5 Å². The standard InChI is InChI=1S/C29H30F3N3O4/c1-19(6-7-20-18-34-15-12-24(20)27(33)36)35-16-13-22(14-17-35)28(38-25-4-2-3-5-26(25)39-28)21-8-10-23(11-9-21)37-29(30,31)32/h2-5,8-12,15,18-19,22H,6-7,13-14,16-17H2,1H3,(H2,33,36). The Hall–Kier alpha value is -3.79. The zero-order valence-corrected chi connectivity index (χ0v) is 21.5. The van der Waals surface area contributed by atoms with Crippen molar-refractivity contribution in [2.24, 2.45) is 11.7 Å². The highest BCUT2D eigenvalue weighted by Gasteiger charge is 2.51. The number of pyridine rings is 1. The summed E-state index contributed by atoms with van der Waals surface area (Å²) in [7, 11) is 0. The van der Waals surface area contributed by atoms with Crippen molar-refractivity contribution in [1.29, 1.82) is 0 Å². The quantitative estimate of drug-likeness (QED) is 0.409. The molecule has 0 bridgehead atoms. The third-order valence-electron chi connectivity index (χ3n) is 7.55. The minimum Gasteiger partial charge on any atom is -0.444 e. The zero-order valence-electron chi connectivity index (χ0n) is 21.5. The Balaban J connectivity index is 1.29. The van der Waals surface area contributed by atoms with Crippen LogP contribution in [-0.2, 0) is 12.2 Å². The summed E-state index contributed by atoms with van der Waals surface area (Å²) in [6, 6.07) is 15.0. The first kappa shape index (κ1) is 26.8. The van der Waals surface area contributed by atoms with Gasteiger partial charge in [-0.1, -0.05) is 12.1 Å². The molecule has 2 aliphatic rings. The van der Waals surface area contributed by atoms with E-state index in [1.54, 1.807) is 30.6 Å². The van der Waals surface area contributed by atoms with E-state index in [4.69, 9.17) is 15.2 Å². The van der Waals surface area contributed by atoms with Gasteiger partial charge in [0.2, 0.25) is 5.91 Å². The number of likely N-dealkylation sites (tertiary alicyclic amines) is 1. The number of aryl methyl sites for hydroxylation is 1. The van der Waals surface area contributed by atoms with Gasteiger partial charge < -0.3 is 24.8 Å². The van der Waals surface area contributed by atoms with Crippen LogP contribution in [-0.4, -0.2) is 41.3 Å². The largest absolute Gasteiger partial charge is 0.573 e. The maximum Gasteiger partial charge on any atom is 0.573 e. The highest BCUT2D eigenvalue weighted by atomic mass is 19.4. The Morgan fingerprint density at radius 1 is 1.10 bits per heavy atom. The van der Waals surface area contributed by atoms with E-state index < -0.39 is 18.1 Å². The monoisotopic (exact) mass is 541 g/mol. The van der Waals surface area contributed by atoms with Gasteiger partial charge >= 0.3 is 6.36 Å². The fourth-order valence-corrected chi connectivity index (χ4v) is 5.51. The fraction of sp³-hybridized carbons (Fsp3) is 0.379. The summed E-state index contributed by atoms with van der Waals surface area (Å²) in [5, 5.41) is 0. The number of primary amides is 1. The van der Waals surface area contributed by atoms with Gasteiger partial charge in [0.05, 0.1) is 0 Å². The third kappa shape index (κ3) is 5.80. The van der Waals surface area contributed by atoms with Crippen LogP contribution >= 0.6 is 0 Å². The molecule has 1 aromatic heterocycles. The van der Waals surface area contributed by atoms with Gasteiger partial charge in [0.15, 0.2) is 11.5 Å². The number of aromatic nitrogens is 1. The first-order valence-electron chi connectivity index (χ1n) is 12.9. The average molecular weight is 542 g/mol. The molecular weight excluding hydrogens is 511 g/mol. The van der Waals surface area contributed by atoms with Crippen molar-refractivity contribution >= 4 is 5.91 Å². The number of carbonyl (C=O) groups is 1. The topological polar surface area (TPSA) is 86.9 Å². The summed E-state index contributed by atoms with van der Waals surface area (Å²) in [5.41, 5.74) is 7.48. The Labute approximate surface area is 224 Å². The number of hydrogen-bond donors (Lipinski definition) is 1. The molecule has 0 aliphatic carbocycles. The van der Waals surface area contributed by atoms with E-state index in [0.29, 0.717) is 29.0 Å². The van der Waals surface area contributed by atoms with Gasteiger partial charge in [0.1, 0.15) is 5.75 Å². The molecule has 2 aromatic carbocycles. The van der Waals surface area contributed by atoms with E-state index in [9.17, 15) is 18.0 Å². The van der Waals surface area contributed by atoms with Crippen molar-refractivity contribution in [2.45, 2.75) is 50.8 Å². The molecule has 206 valence electrons. The number of ether oxygens (including phenoxy) is 3. The van der Waals surface area contributed by atoms with E-state index in [-0.39, 0.29) is 17.7 Å². The molecule has 7 nitrogen and oxygen atoms in total. The van der Waals surface area contributed by atoms with Gasteiger partial charge in [-0.05, 0) is 93.7 Å². The molecule has 0 spiro atoms. The van der Waals surface area contributed by atoms with Gasteiger partial charge in [0.25, 0.3) is 5.79 Å². The van der Waals surface area contributed by atoms with E-state index in [1.165, 1.54) is 12.1 Å². The number of fused-ring (bicyclic) bond motifs is 1. The number of nitrogens with two attached hydrogens (primary N) is 1. The van der Waals surface area contributed by atoms with Crippen LogP contribution < -0.4 is 19.9 Å². The van der Waals surface area contributed by atoms with Crippen LogP contribution in [0.5, 0.6) is 17.2 Å². The minimum absolute atomic E-state index is 0.0393. The highest BCUT2D eigenvalue weighted by molar-refractivity contribution is 5.94. The summed E-state index contributed by atoms with van der Waals surface area (Å²) < 4.78 is 55.0. The number of hydrogen-bond acceptors (Lipinski definition) is 6. The molecule has 39 heavy (non-hydrogen) atoms. The van der Waals surface area contributed by atoms with Gasteiger partial charge in [-0.3, -0.25) is 9.78 Å². The normalized spacial score (nSPS) is 18.1. The van der Waals surface area contributed by atoms with Gasteiger partial charge in [-0.15, -0.1) is 13.2 Å². The second kappa shape index (κ2) is 10.8. The van der Waals surface area contributed by atoms with Crippen LogP contribution in [0.25, 0.3) is 0 Å². The Kier molecular flexibility index (Phi) is 7.40. The number of para-hydroxylation sites is 2. The van der Waals surface area contributed by atoms with Crippen molar-refractivity contribution in [2.75, 3.05) is 13.1 Å². The molecule has 5 rings (SSSR count). The van der Waals surface area contributed by atoms with Crippen molar-refractivity contribution in [1.82, 2.24) is 9.88 Å². The summed E-state index contributed by atoms with van der Waals surface area (Å²) in [5.74, 6) is -0.740. The van der Waals surface area contributed by atoms with Crippen LogP contribution in [0.2, 0.25) is 0 Å². The predicted molar refractivity (Wildman–Crippen MR) is 137 cm³/mol. The molecule has 1 atom stereocenters. The SMILES string of the molecule is CC(CCc1cnccc1C(N)=O)N1CCC(C2(c3ccc(OC(F)(F)F)cc3)Oc3ccccc3O2)CC1. The molecule has 0 saturated carbocycles. The third-order valence-corrected chi connectivity index (χ3v) is 7.55. The molecule has 1 saturated heterocycles. The lowest BCUT2D eigenvalue weighted by molar-refractivity contribution is -0.274. The highest BCUT2D eigenvalue weighted by Crippen LogP contribution is 2.50. The molecule has 1 fully saturated rings. The summed E-state index contributed by atoms with van der Waals surface area (Å²) in [6.07, 6.45) is 1.54. The Morgan fingerprint density at radius 3 is 2.33 bits per heavy atom. The Morgan fingerprint density at radius 2 is 1.74 bits per heavy atom. The van der Waals surface area contributed by atoms with Crippen molar-refractivity contribution in [3.8, 4) is 17.2 Å². The van der Waals surface area contributed by atoms with Crippen molar-refractivity contribution in [3.63, 3.8) is 0 Å². The van der Waals surface area contributed by atoms with E-state index in [0.717, 1.165) is 37.9 Å². The van der Waals surface area contributed by atoms with Gasteiger partial charge in [-0.2, -0.15) is 0 Å².